The maximum atomic E-state index is 12.7. The Hall–Kier alpha value is -3.22. The molecule has 7 nitrogen and oxygen atoms in total. The lowest BCUT2D eigenvalue weighted by atomic mass is 10.1. The van der Waals surface area contributed by atoms with Crippen molar-refractivity contribution in [1.29, 1.82) is 0 Å². The van der Waals surface area contributed by atoms with Gasteiger partial charge in [-0.25, -0.2) is 4.79 Å². The number of amides is 1. The first kappa shape index (κ1) is 19.1. The highest BCUT2D eigenvalue weighted by atomic mass is 16.6. The number of methoxy groups -OCH3 is 2. The third kappa shape index (κ3) is 4.89. The maximum Gasteiger partial charge on any atom is 0.416 e. The van der Waals surface area contributed by atoms with Gasteiger partial charge in [-0.05, 0) is 36.8 Å². The zero-order valence-corrected chi connectivity index (χ0v) is 14.8. The molecule has 1 atom stereocenters. The molecule has 138 valence electrons. The highest BCUT2D eigenvalue weighted by Gasteiger charge is 2.26. The van der Waals surface area contributed by atoms with E-state index < -0.39 is 18.1 Å². The van der Waals surface area contributed by atoms with Crippen molar-refractivity contribution in [3.05, 3.63) is 54.1 Å². The van der Waals surface area contributed by atoms with Gasteiger partial charge in [-0.3, -0.25) is 9.69 Å². The summed E-state index contributed by atoms with van der Waals surface area (Å²) in [4.78, 5) is 25.6. The van der Waals surface area contributed by atoms with Gasteiger partial charge in [0.15, 0.2) is 0 Å². The van der Waals surface area contributed by atoms with E-state index in [9.17, 15) is 14.7 Å². The summed E-state index contributed by atoms with van der Waals surface area (Å²) in [5, 5.41) is 9.42. The molecule has 0 aliphatic rings. The van der Waals surface area contributed by atoms with Gasteiger partial charge in [0.1, 0.15) is 23.8 Å². The van der Waals surface area contributed by atoms with Gasteiger partial charge >= 0.3 is 12.1 Å². The fraction of sp³-hybridized carbons (Fsp3) is 0.263. The molecule has 1 amide bonds. The van der Waals surface area contributed by atoms with E-state index in [0.717, 1.165) is 5.56 Å². The van der Waals surface area contributed by atoms with E-state index in [2.05, 4.69) is 4.74 Å². The molecule has 0 fully saturated rings. The summed E-state index contributed by atoms with van der Waals surface area (Å²) in [6.07, 6.45) is -0.704. The van der Waals surface area contributed by atoms with Crippen LogP contribution in [0.15, 0.2) is 48.5 Å². The quantitative estimate of drug-likeness (QED) is 0.798. The molecule has 0 aromatic heterocycles. The number of carbonyl (C=O) groups excluding carboxylic acids is 2. The topological polar surface area (TPSA) is 85.3 Å². The molecule has 2 aromatic carbocycles. The first-order valence-electron chi connectivity index (χ1n) is 7.93. The summed E-state index contributed by atoms with van der Waals surface area (Å²) in [5.41, 5.74) is 0.731. The van der Waals surface area contributed by atoms with E-state index in [1.54, 1.807) is 43.3 Å². The average molecular weight is 359 g/mol. The molecule has 2 rings (SSSR count). The van der Waals surface area contributed by atoms with Gasteiger partial charge < -0.3 is 19.3 Å². The lowest BCUT2D eigenvalue weighted by molar-refractivity contribution is -0.141. The van der Waals surface area contributed by atoms with E-state index in [0.29, 0.717) is 11.5 Å². The molecular weight excluding hydrogens is 338 g/mol. The average Bonchev–Trinajstić information content (AvgIpc) is 2.66. The van der Waals surface area contributed by atoms with E-state index in [-0.39, 0.29) is 12.3 Å². The Kier molecular flexibility index (Phi) is 6.43. The summed E-state index contributed by atoms with van der Waals surface area (Å²) < 4.78 is 15.2. The molecule has 0 unspecified atom stereocenters. The van der Waals surface area contributed by atoms with Crippen molar-refractivity contribution in [3.8, 4) is 17.2 Å². The number of benzene rings is 2. The second-order valence-electron chi connectivity index (χ2n) is 5.52. The fourth-order valence-corrected chi connectivity index (χ4v) is 2.32. The molecule has 0 aliphatic heterocycles. The minimum atomic E-state index is -0.704. The number of aromatic hydroxyl groups is 1. The highest BCUT2D eigenvalue weighted by molar-refractivity contribution is 5.79. The number of rotatable bonds is 6. The number of phenolic OH excluding ortho intramolecular Hbond substituents is 1. The van der Waals surface area contributed by atoms with Gasteiger partial charge in [0.05, 0.1) is 20.3 Å². The summed E-state index contributed by atoms with van der Waals surface area (Å²) >= 11 is 0. The van der Waals surface area contributed by atoms with Crippen LogP contribution < -0.4 is 9.47 Å². The Morgan fingerprint density at radius 1 is 1.08 bits per heavy atom. The Morgan fingerprint density at radius 3 is 2.35 bits per heavy atom. The number of phenols is 1. The Morgan fingerprint density at radius 2 is 1.73 bits per heavy atom. The van der Waals surface area contributed by atoms with Crippen LogP contribution in [-0.4, -0.2) is 42.8 Å². The predicted octanol–water partition coefficient (Wildman–Crippen LogP) is 3.14. The predicted molar refractivity (Wildman–Crippen MR) is 94.3 cm³/mol. The van der Waals surface area contributed by atoms with E-state index in [1.807, 2.05) is 0 Å². The lowest BCUT2D eigenvalue weighted by Gasteiger charge is -2.27. The molecule has 1 N–H and O–H groups in total. The van der Waals surface area contributed by atoms with Crippen LogP contribution in [0, 0.1) is 0 Å². The van der Waals surface area contributed by atoms with Crippen LogP contribution in [0.2, 0.25) is 0 Å². The van der Waals surface area contributed by atoms with Crippen molar-refractivity contribution in [1.82, 2.24) is 4.90 Å². The minimum Gasteiger partial charge on any atom is -0.508 e. The first-order chi connectivity index (χ1) is 12.4. The van der Waals surface area contributed by atoms with Gasteiger partial charge in [-0.2, -0.15) is 0 Å². The molecule has 0 bridgehead atoms. The third-order valence-corrected chi connectivity index (χ3v) is 3.85. The second-order valence-corrected chi connectivity index (χ2v) is 5.52. The summed E-state index contributed by atoms with van der Waals surface area (Å²) in [5.74, 6) is 0.376. The Bertz CT molecular complexity index is 759. The number of nitrogens with zero attached hydrogens (tertiary/aromatic N) is 1. The van der Waals surface area contributed by atoms with Crippen LogP contribution >= 0.6 is 0 Å². The summed E-state index contributed by atoms with van der Waals surface area (Å²) in [7, 11) is 2.76. The molecular formula is C19H21NO6. The monoisotopic (exact) mass is 359 g/mol. The summed E-state index contributed by atoms with van der Waals surface area (Å²) in [6, 6.07) is 12.5. The number of esters is 1. The molecule has 0 aliphatic carbocycles. The maximum absolute atomic E-state index is 12.7. The summed E-state index contributed by atoms with van der Waals surface area (Å²) in [6.45, 7) is 1.48. The molecule has 0 spiro atoms. The molecule has 0 saturated carbocycles. The number of hydrogen-bond acceptors (Lipinski definition) is 6. The van der Waals surface area contributed by atoms with Gasteiger partial charge in [0.25, 0.3) is 0 Å². The van der Waals surface area contributed by atoms with Crippen molar-refractivity contribution in [3.63, 3.8) is 0 Å². The van der Waals surface area contributed by atoms with Crippen LogP contribution in [0.25, 0.3) is 0 Å². The fourth-order valence-electron chi connectivity index (χ4n) is 2.32. The third-order valence-electron chi connectivity index (χ3n) is 3.85. The largest absolute Gasteiger partial charge is 0.508 e. The Labute approximate surface area is 151 Å². The van der Waals surface area contributed by atoms with Gasteiger partial charge in [0, 0.05) is 6.07 Å². The second kappa shape index (κ2) is 8.75. The molecule has 26 heavy (non-hydrogen) atoms. The minimum absolute atomic E-state index is 0.111. The molecule has 7 heteroatoms. The molecule has 2 aromatic rings. The van der Waals surface area contributed by atoms with E-state index in [1.165, 1.54) is 31.3 Å². The van der Waals surface area contributed by atoms with Gasteiger partial charge in [-0.1, -0.05) is 18.2 Å². The van der Waals surface area contributed by atoms with Crippen LogP contribution in [0.5, 0.6) is 17.2 Å². The van der Waals surface area contributed by atoms with Crippen LogP contribution in [0.1, 0.15) is 18.5 Å². The van der Waals surface area contributed by atoms with Crippen molar-refractivity contribution >= 4 is 12.1 Å². The van der Waals surface area contributed by atoms with Crippen molar-refractivity contribution in [2.75, 3.05) is 20.8 Å². The number of hydrogen-bond donors (Lipinski definition) is 1. The Balaban J connectivity index is 2.23. The van der Waals surface area contributed by atoms with Crippen LogP contribution in [-0.2, 0) is 9.53 Å². The van der Waals surface area contributed by atoms with Crippen LogP contribution in [0.3, 0.4) is 0 Å². The van der Waals surface area contributed by atoms with E-state index in [4.69, 9.17) is 9.47 Å². The van der Waals surface area contributed by atoms with Crippen LogP contribution in [0.4, 0.5) is 4.79 Å². The SMILES string of the molecule is COC(=O)CN(C(=O)Oc1cccc(OC)c1)[C@@H](C)c1ccc(O)cc1. The van der Waals surface area contributed by atoms with Gasteiger partial charge in [0.2, 0.25) is 0 Å². The highest BCUT2D eigenvalue weighted by Crippen LogP contribution is 2.25. The molecule has 0 radical (unpaired) electrons. The zero-order valence-electron chi connectivity index (χ0n) is 14.8. The van der Waals surface area contributed by atoms with Crippen molar-refractivity contribution in [2.24, 2.45) is 0 Å². The zero-order chi connectivity index (χ0) is 19.1. The molecule has 0 saturated heterocycles. The first-order valence-corrected chi connectivity index (χ1v) is 7.93. The van der Waals surface area contributed by atoms with Crippen molar-refractivity contribution in [2.45, 2.75) is 13.0 Å². The smallest absolute Gasteiger partial charge is 0.416 e. The number of carbonyl (C=O) groups is 2. The van der Waals surface area contributed by atoms with Crippen molar-refractivity contribution < 1.29 is 28.9 Å². The van der Waals surface area contributed by atoms with E-state index >= 15 is 0 Å². The standard InChI is InChI=1S/C19H21NO6/c1-13(14-7-9-15(21)10-8-14)20(12-18(22)25-3)19(23)26-17-6-4-5-16(11-17)24-2/h4-11,13,21H,12H2,1-3H3/t13-/m0/s1. The normalized spacial score (nSPS) is 11.3. The number of ether oxygens (including phenoxy) is 3. The lowest BCUT2D eigenvalue weighted by Crippen LogP contribution is -2.40. The molecule has 0 heterocycles. The van der Waals surface area contributed by atoms with Gasteiger partial charge in [-0.15, -0.1) is 0 Å².